The Bertz CT molecular complexity index is 2000. The van der Waals surface area contributed by atoms with Crippen LogP contribution in [-0.4, -0.2) is 0 Å². The Labute approximate surface area is 268 Å². The number of hydrogen-bond acceptors (Lipinski definition) is 1. The summed E-state index contributed by atoms with van der Waals surface area (Å²) in [7, 11) is 0. The first-order chi connectivity index (χ1) is 21.6. The zero-order valence-electron chi connectivity index (χ0n) is 27.3. The number of aryl methyl sites for hydroxylation is 2. The molecule has 222 valence electrons. The quantitative estimate of drug-likeness (QED) is 0.203. The molecule has 0 aromatic heterocycles. The van der Waals surface area contributed by atoms with Crippen molar-refractivity contribution in [2.75, 3.05) is 4.90 Å². The van der Waals surface area contributed by atoms with Crippen LogP contribution in [0.2, 0.25) is 0 Å². The molecule has 0 heterocycles. The van der Waals surface area contributed by atoms with Crippen molar-refractivity contribution in [3.8, 4) is 22.3 Å². The molecule has 3 aliphatic rings. The molecule has 0 bridgehead atoms. The van der Waals surface area contributed by atoms with Gasteiger partial charge in [0.15, 0.2) is 0 Å². The number of benzene rings is 5. The summed E-state index contributed by atoms with van der Waals surface area (Å²) in [4.78, 5) is 2.40. The molecule has 45 heavy (non-hydrogen) atoms. The lowest BCUT2D eigenvalue weighted by Crippen LogP contribution is -2.17. The van der Waals surface area contributed by atoms with Crippen LogP contribution in [0.1, 0.15) is 79.5 Å². The topological polar surface area (TPSA) is 3.24 Å². The lowest BCUT2D eigenvalue weighted by Gasteiger charge is -2.28. The fraction of sp³-hybridized carbons (Fsp3) is 0.227. The first-order valence-corrected chi connectivity index (χ1v) is 16.4. The Morgan fingerprint density at radius 3 is 1.73 bits per heavy atom. The summed E-state index contributed by atoms with van der Waals surface area (Å²) in [6.07, 6.45) is 9.32. The first kappa shape index (κ1) is 27.9. The summed E-state index contributed by atoms with van der Waals surface area (Å²) in [6.45, 7) is 13.9. The van der Waals surface area contributed by atoms with Crippen molar-refractivity contribution in [1.82, 2.24) is 0 Å². The van der Waals surface area contributed by atoms with E-state index in [1.165, 1.54) is 83.8 Å². The lowest BCUT2D eigenvalue weighted by molar-refractivity contribution is 0.652. The van der Waals surface area contributed by atoms with Gasteiger partial charge in [-0.05, 0) is 131 Å². The lowest BCUT2D eigenvalue weighted by atomic mass is 9.79. The molecule has 0 saturated heterocycles. The van der Waals surface area contributed by atoms with Crippen LogP contribution in [0.4, 0.5) is 17.1 Å². The molecule has 0 unspecified atom stereocenters. The molecule has 0 fully saturated rings. The van der Waals surface area contributed by atoms with Gasteiger partial charge in [-0.1, -0.05) is 106 Å². The van der Waals surface area contributed by atoms with Crippen molar-refractivity contribution in [1.29, 1.82) is 0 Å². The van der Waals surface area contributed by atoms with Gasteiger partial charge < -0.3 is 4.90 Å². The summed E-state index contributed by atoms with van der Waals surface area (Å²) >= 11 is 0. The highest BCUT2D eigenvalue weighted by molar-refractivity contribution is 5.96. The predicted octanol–water partition coefficient (Wildman–Crippen LogP) is 12.1. The Balaban J connectivity index is 1.29. The summed E-state index contributed by atoms with van der Waals surface area (Å²) < 4.78 is 0. The summed E-state index contributed by atoms with van der Waals surface area (Å²) in [5, 5.41) is 0. The highest BCUT2D eigenvalue weighted by atomic mass is 15.1. The number of anilines is 3. The minimum absolute atomic E-state index is 0.0604. The molecule has 0 aliphatic heterocycles. The molecule has 0 N–H and O–H groups in total. The molecule has 0 amide bonds. The number of hydrogen-bond donors (Lipinski definition) is 0. The Morgan fingerprint density at radius 2 is 1.09 bits per heavy atom. The predicted molar refractivity (Wildman–Crippen MR) is 192 cm³/mol. The molecule has 0 radical (unpaired) electrons. The number of nitrogens with zero attached hydrogens (tertiary/aromatic N) is 1. The van der Waals surface area contributed by atoms with Gasteiger partial charge in [-0.15, -0.1) is 0 Å². The van der Waals surface area contributed by atoms with Crippen LogP contribution >= 0.6 is 0 Å². The molecule has 5 aromatic carbocycles. The molecular weight excluding hydrogens is 542 g/mol. The Hall–Kier alpha value is -4.62. The van der Waals surface area contributed by atoms with Gasteiger partial charge in [-0.2, -0.15) is 0 Å². The number of allylic oxidation sites excluding steroid dienone is 4. The highest BCUT2D eigenvalue weighted by Gasteiger charge is 2.42. The van der Waals surface area contributed by atoms with Gasteiger partial charge >= 0.3 is 0 Å². The zero-order valence-corrected chi connectivity index (χ0v) is 27.3. The molecule has 8 rings (SSSR count). The van der Waals surface area contributed by atoms with Gasteiger partial charge in [0.05, 0.1) is 0 Å². The minimum Gasteiger partial charge on any atom is -0.310 e. The Kier molecular flexibility index (Phi) is 6.16. The minimum atomic E-state index is -0.131. The van der Waals surface area contributed by atoms with Crippen molar-refractivity contribution in [2.24, 2.45) is 0 Å². The normalized spacial score (nSPS) is 16.4. The molecule has 1 nitrogen and oxygen atoms in total. The van der Waals surface area contributed by atoms with Crippen LogP contribution in [0.25, 0.3) is 27.8 Å². The van der Waals surface area contributed by atoms with Crippen molar-refractivity contribution in [3.63, 3.8) is 0 Å². The third kappa shape index (κ3) is 4.21. The van der Waals surface area contributed by atoms with E-state index >= 15 is 0 Å². The van der Waals surface area contributed by atoms with Gasteiger partial charge in [0.2, 0.25) is 0 Å². The SMILES string of the molecule is Cc1ccc(N(c2ccc(C)cc2)c2ccc3c(c2)C(C)(C)c2cc4c(cc2-3)C(C)(C)c2cccc(C3=CCCC=C3)c2-4)cc1. The highest BCUT2D eigenvalue weighted by Crippen LogP contribution is 2.58. The number of fused-ring (bicyclic) bond motifs is 6. The molecule has 0 spiro atoms. The van der Waals surface area contributed by atoms with Crippen molar-refractivity contribution >= 4 is 22.6 Å². The van der Waals surface area contributed by atoms with Crippen molar-refractivity contribution < 1.29 is 0 Å². The fourth-order valence-corrected chi connectivity index (χ4v) is 8.03. The fourth-order valence-electron chi connectivity index (χ4n) is 8.03. The largest absolute Gasteiger partial charge is 0.310 e. The molecular formula is C44H41N. The average molecular weight is 584 g/mol. The summed E-state index contributed by atoms with van der Waals surface area (Å²) in [5.74, 6) is 0. The van der Waals surface area contributed by atoms with Gasteiger partial charge in [-0.25, -0.2) is 0 Å². The smallest absolute Gasteiger partial charge is 0.0465 e. The van der Waals surface area contributed by atoms with Crippen LogP contribution in [0, 0.1) is 13.8 Å². The van der Waals surface area contributed by atoms with E-state index in [9.17, 15) is 0 Å². The van der Waals surface area contributed by atoms with Crippen LogP contribution in [-0.2, 0) is 10.8 Å². The molecule has 1 heteroatoms. The van der Waals surface area contributed by atoms with Crippen molar-refractivity contribution in [2.45, 2.75) is 65.2 Å². The van der Waals surface area contributed by atoms with E-state index in [0.717, 1.165) is 12.8 Å². The maximum atomic E-state index is 2.55. The second kappa shape index (κ2) is 9.94. The zero-order chi connectivity index (χ0) is 31.1. The monoisotopic (exact) mass is 583 g/mol. The van der Waals surface area contributed by atoms with E-state index in [0.29, 0.717) is 0 Å². The Morgan fingerprint density at radius 1 is 0.511 bits per heavy atom. The van der Waals surface area contributed by atoms with E-state index in [1.54, 1.807) is 0 Å². The first-order valence-electron chi connectivity index (χ1n) is 16.4. The van der Waals surface area contributed by atoms with E-state index in [-0.39, 0.29) is 10.8 Å². The van der Waals surface area contributed by atoms with Gasteiger partial charge in [-0.3, -0.25) is 0 Å². The molecule has 3 aliphatic carbocycles. The maximum Gasteiger partial charge on any atom is 0.0465 e. The van der Waals surface area contributed by atoms with Crippen LogP contribution in [0.15, 0.2) is 115 Å². The molecule has 5 aromatic rings. The standard InChI is InChI=1S/C44H41N/c1-28-15-19-31(20-16-28)45(32-21-17-29(2)18-22-32)33-23-24-35-36-26-41-37(27-40(36)44(5,6)39(35)25-33)42-34(30-11-8-7-9-12-30)13-10-14-38(42)43(41,3)4/h8,10-27H,7,9H2,1-6H3. The maximum absolute atomic E-state index is 2.55. The second-order valence-electron chi connectivity index (χ2n) is 14.3. The second-order valence-corrected chi connectivity index (χ2v) is 14.3. The van der Waals surface area contributed by atoms with E-state index in [1.807, 2.05) is 0 Å². The van der Waals surface area contributed by atoms with Gasteiger partial charge in [0.1, 0.15) is 0 Å². The molecule has 0 atom stereocenters. The van der Waals surface area contributed by atoms with E-state index in [4.69, 9.17) is 0 Å². The third-order valence-corrected chi connectivity index (χ3v) is 10.6. The summed E-state index contributed by atoms with van der Waals surface area (Å²) in [5.41, 5.74) is 19.9. The molecule has 0 saturated carbocycles. The van der Waals surface area contributed by atoms with Crippen LogP contribution in [0.5, 0.6) is 0 Å². The van der Waals surface area contributed by atoms with Crippen LogP contribution in [0.3, 0.4) is 0 Å². The number of rotatable bonds is 4. The third-order valence-electron chi connectivity index (χ3n) is 10.6. The van der Waals surface area contributed by atoms with Gasteiger partial charge in [0.25, 0.3) is 0 Å². The average Bonchev–Trinajstić information content (AvgIpc) is 3.41. The van der Waals surface area contributed by atoms with E-state index < -0.39 is 0 Å². The summed E-state index contributed by atoms with van der Waals surface area (Å²) in [6, 6.07) is 36.9. The van der Waals surface area contributed by atoms with Crippen molar-refractivity contribution in [3.05, 3.63) is 154 Å². The van der Waals surface area contributed by atoms with E-state index in [2.05, 4.69) is 162 Å². The van der Waals surface area contributed by atoms with Crippen LogP contribution < -0.4 is 4.90 Å². The van der Waals surface area contributed by atoms with Gasteiger partial charge in [0, 0.05) is 27.9 Å².